The minimum absolute atomic E-state index is 0.309. The van der Waals surface area contributed by atoms with E-state index in [9.17, 15) is 18.3 Å². The highest BCUT2D eigenvalue weighted by Gasteiger charge is 2.31. The van der Waals surface area contributed by atoms with Crippen LogP contribution in [0.3, 0.4) is 0 Å². The minimum atomic E-state index is -4.71. The summed E-state index contributed by atoms with van der Waals surface area (Å²) >= 11 is 1.37. The van der Waals surface area contributed by atoms with Crippen molar-refractivity contribution in [1.29, 1.82) is 0 Å². The second-order valence-electron chi connectivity index (χ2n) is 4.11. The van der Waals surface area contributed by atoms with Gasteiger partial charge in [0.15, 0.2) is 0 Å². The van der Waals surface area contributed by atoms with Crippen LogP contribution in [0, 0.1) is 0 Å². The number of aliphatic hydroxyl groups excluding tert-OH is 1. The molecule has 0 radical (unpaired) electrons. The van der Waals surface area contributed by atoms with Gasteiger partial charge in [-0.2, -0.15) is 0 Å². The van der Waals surface area contributed by atoms with Gasteiger partial charge in [0, 0.05) is 11.9 Å². The summed E-state index contributed by atoms with van der Waals surface area (Å²) in [5, 5.41) is 10.8. The number of halogens is 3. The molecule has 112 valence electrons. The van der Waals surface area contributed by atoms with Gasteiger partial charge in [0.2, 0.25) is 0 Å². The lowest BCUT2D eigenvalue weighted by Gasteiger charge is -2.12. The van der Waals surface area contributed by atoms with Gasteiger partial charge >= 0.3 is 6.36 Å². The molecule has 1 aromatic heterocycles. The van der Waals surface area contributed by atoms with Gasteiger partial charge in [-0.25, -0.2) is 4.98 Å². The molecule has 0 saturated heterocycles. The molecule has 0 spiro atoms. The third-order valence-electron chi connectivity index (χ3n) is 2.53. The number of alkyl halides is 3. The second kappa shape index (κ2) is 6.82. The number of benzene rings is 1. The van der Waals surface area contributed by atoms with E-state index in [1.807, 2.05) is 12.1 Å². The molecule has 0 saturated carbocycles. The molecule has 1 N–H and O–H groups in total. The van der Waals surface area contributed by atoms with Gasteiger partial charge in [0.05, 0.1) is 11.1 Å². The zero-order chi connectivity index (χ0) is 15.3. The Morgan fingerprint density at radius 1 is 1.14 bits per heavy atom. The van der Waals surface area contributed by atoms with Crippen molar-refractivity contribution >= 4 is 11.8 Å². The fourth-order valence-electron chi connectivity index (χ4n) is 1.58. The molecule has 0 aliphatic carbocycles. The first-order valence-corrected chi connectivity index (χ1v) is 7.00. The lowest BCUT2D eigenvalue weighted by atomic mass is 10.1. The third-order valence-corrected chi connectivity index (χ3v) is 3.54. The average molecular weight is 315 g/mol. The largest absolute Gasteiger partial charge is 0.573 e. The molecule has 1 aromatic carbocycles. The van der Waals surface area contributed by atoms with Crippen molar-refractivity contribution < 1.29 is 23.0 Å². The first kappa shape index (κ1) is 15.7. The van der Waals surface area contributed by atoms with Crippen molar-refractivity contribution in [3.8, 4) is 5.75 Å². The molecule has 1 atom stereocenters. The van der Waals surface area contributed by atoms with Crippen LogP contribution in [0.15, 0.2) is 53.7 Å². The molecular formula is C14H12F3NO2S. The number of nitrogens with zero attached hydrogens (tertiary/aromatic N) is 1. The Balaban J connectivity index is 1.92. The summed E-state index contributed by atoms with van der Waals surface area (Å²) in [7, 11) is 0. The maximum absolute atomic E-state index is 12.0. The highest BCUT2D eigenvalue weighted by molar-refractivity contribution is 7.99. The summed E-state index contributed by atoms with van der Waals surface area (Å²) in [5.41, 5.74) is 0.521. The smallest absolute Gasteiger partial charge is 0.406 e. The van der Waals surface area contributed by atoms with Crippen LogP contribution in [0.4, 0.5) is 13.2 Å². The number of rotatable bonds is 5. The summed E-state index contributed by atoms with van der Waals surface area (Å²) in [6.07, 6.45) is -3.86. The van der Waals surface area contributed by atoms with Crippen LogP contribution in [0.2, 0.25) is 0 Å². The van der Waals surface area contributed by atoms with Crippen molar-refractivity contribution in [2.75, 3.05) is 5.75 Å². The Hall–Kier alpha value is -1.73. The first-order chi connectivity index (χ1) is 9.94. The maximum Gasteiger partial charge on any atom is 0.573 e. The van der Waals surface area contributed by atoms with Crippen LogP contribution in [-0.2, 0) is 0 Å². The predicted molar refractivity (Wildman–Crippen MR) is 73.0 cm³/mol. The van der Waals surface area contributed by atoms with E-state index < -0.39 is 12.5 Å². The predicted octanol–water partition coefficient (Wildman–Crippen LogP) is 3.81. The second-order valence-corrected chi connectivity index (χ2v) is 5.15. The molecule has 2 aromatic rings. The zero-order valence-electron chi connectivity index (χ0n) is 10.7. The van der Waals surface area contributed by atoms with E-state index in [1.54, 1.807) is 12.3 Å². The number of hydrogen-bond donors (Lipinski definition) is 1. The summed E-state index contributed by atoms with van der Waals surface area (Å²) in [4.78, 5) is 4.11. The minimum Gasteiger partial charge on any atom is -0.406 e. The first-order valence-electron chi connectivity index (χ1n) is 6.01. The monoisotopic (exact) mass is 315 g/mol. The van der Waals surface area contributed by atoms with Crippen LogP contribution in [0.25, 0.3) is 0 Å². The van der Waals surface area contributed by atoms with Crippen LogP contribution in [0.1, 0.15) is 11.7 Å². The fourth-order valence-corrected chi connectivity index (χ4v) is 2.42. The summed E-state index contributed by atoms with van der Waals surface area (Å²) < 4.78 is 39.8. The quantitative estimate of drug-likeness (QED) is 0.852. The van der Waals surface area contributed by atoms with E-state index >= 15 is 0 Å². The Kier molecular flexibility index (Phi) is 5.08. The summed E-state index contributed by atoms with van der Waals surface area (Å²) in [6, 6.07) is 10.6. The van der Waals surface area contributed by atoms with Gasteiger partial charge in [-0.1, -0.05) is 18.2 Å². The molecule has 3 nitrogen and oxygen atoms in total. The maximum atomic E-state index is 12.0. The molecule has 0 aliphatic rings. The molecule has 21 heavy (non-hydrogen) atoms. The molecule has 2 rings (SSSR count). The number of aliphatic hydroxyl groups is 1. The molecule has 7 heteroatoms. The molecule has 0 amide bonds. The van der Waals surface area contributed by atoms with Crippen molar-refractivity contribution in [2.24, 2.45) is 0 Å². The van der Waals surface area contributed by atoms with Gasteiger partial charge < -0.3 is 9.84 Å². The van der Waals surface area contributed by atoms with Gasteiger partial charge in [-0.05, 0) is 29.8 Å². The third kappa shape index (κ3) is 5.28. The summed E-state index contributed by atoms with van der Waals surface area (Å²) in [6.45, 7) is 0. The molecule has 0 aliphatic heterocycles. The van der Waals surface area contributed by atoms with Gasteiger partial charge in [-0.15, -0.1) is 24.9 Å². The molecule has 0 fully saturated rings. The SMILES string of the molecule is OC(CSc1ccccn1)c1ccc(OC(F)(F)F)cc1. The van der Waals surface area contributed by atoms with Gasteiger partial charge in [0.1, 0.15) is 5.75 Å². The van der Waals surface area contributed by atoms with E-state index in [0.29, 0.717) is 11.3 Å². The standard InChI is InChI=1S/C14H12F3NO2S/c15-14(16,17)20-11-6-4-10(5-7-11)12(19)9-21-13-3-1-2-8-18-13/h1-8,12,19H,9H2. The Morgan fingerprint density at radius 2 is 1.86 bits per heavy atom. The van der Waals surface area contributed by atoms with E-state index in [0.717, 1.165) is 5.03 Å². The van der Waals surface area contributed by atoms with Crippen molar-refractivity contribution in [1.82, 2.24) is 4.98 Å². The number of pyridine rings is 1. The van der Waals surface area contributed by atoms with E-state index in [-0.39, 0.29) is 5.75 Å². The van der Waals surface area contributed by atoms with E-state index in [2.05, 4.69) is 9.72 Å². The molecular weight excluding hydrogens is 303 g/mol. The van der Waals surface area contributed by atoms with Crippen LogP contribution in [-0.4, -0.2) is 22.2 Å². The van der Waals surface area contributed by atoms with Crippen molar-refractivity contribution in [3.05, 3.63) is 54.2 Å². The molecule has 0 bridgehead atoms. The summed E-state index contributed by atoms with van der Waals surface area (Å²) in [5.74, 6) is 0.0482. The van der Waals surface area contributed by atoms with Crippen LogP contribution < -0.4 is 4.74 Å². The van der Waals surface area contributed by atoms with Gasteiger partial charge in [0.25, 0.3) is 0 Å². The highest BCUT2D eigenvalue weighted by atomic mass is 32.2. The van der Waals surface area contributed by atoms with Crippen LogP contribution in [0.5, 0.6) is 5.75 Å². The Bertz CT molecular complexity index is 561. The molecule has 1 heterocycles. The topological polar surface area (TPSA) is 42.4 Å². The average Bonchev–Trinajstić information content (AvgIpc) is 2.45. The molecule has 1 unspecified atom stereocenters. The number of aromatic nitrogens is 1. The normalized spacial score (nSPS) is 13.0. The van der Waals surface area contributed by atoms with Crippen LogP contribution >= 0.6 is 11.8 Å². The highest BCUT2D eigenvalue weighted by Crippen LogP contribution is 2.27. The number of ether oxygens (including phenoxy) is 1. The zero-order valence-corrected chi connectivity index (χ0v) is 11.6. The van der Waals surface area contributed by atoms with Gasteiger partial charge in [-0.3, -0.25) is 0 Å². The fraction of sp³-hybridized carbons (Fsp3) is 0.214. The Morgan fingerprint density at radius 3 is 2.43 bits per heavy atom. The van der Waals surface area contributed by atoms with Crippen molar-refractivity contribution in [3.63, 3.8) is 0 Å². The van der Waals surface area contributed by atoms with Crippen molar-refractivity contribution in [2.45, 2.75) is 17.5 Å². The number of thioether (sulfide) groups is 1. The lowest BCUT2D eigenvalue weighted by Crippen LogP contribution is -2.17. The van der Waals surface area contributed by atoms with E-state index in [1.165, 1.54) is 36.0 Å². The Labute approximate surface area is 123 Å². The lowest BCUT2D eigenvalue weighted by molar-refractivity contribution is -0.274. The number of hydrogen-bond acceptors (Lipinski definition) is 4. The van der Waals surface area contributed by atoms with E-state index in [4.69, 9.17) is 0 Å².